The molecule has 7 nitrogen and oxygen atoms in total. The van der Waals surface area contributed by atoms with Crippen LogP contribution in [0.5, 0.6) is 11.5 Å². The van der Waals surface area contributed by atoms with E-state index in [4.69, 9.17) is 15.2 Å². The Labute approximate surface area is 199 Å². The van der Waals surface area contributed by atoms with Crippen LogP contribution < -0.4 is 15.2 Å². The van der Waals surface area contributed by atoms with Crippen LogP contribution in [-0.4, -0.2) is 41.6 Å². The Bertz CT molecular complexity index is 1080. The summed E-state index contributed by atoms with van der Waals surface area (Å²) in [7, 11) is 0. The predicted molar refractivity (Wildman–Crippen MR) is 131 cm³/mol. The molecule has 0 radical (unpaired) electrons. The third kappa shape index (κ3) is 5.72. The molecule has 0 aliphatic carbocycles. The van der Waals surface area contributed by atoms with Crippen molar-refractivity contribution < 1.29 is 19.1 Å². The summed E-state index contributed by atoms with van der Waals surface area (Å²) in [6, 6.07) is 11.4. The van der Waals surface area contributed by atoms with Crippen molar-refractivity contribution in [3.63, 3.8) is 0 Å². The number of carbonyl (C=O) groups excluding carboxylic acids is 2. The van der Waals surface area contributed by atoms with Gasteiger partial charge in [-0.05, 0) is 84.4 Å². The van der Waals surface area contributed by atoms with Crippen molar-refractivity contribution in [1.29, 1.82) is 0 Å². The lowest BCUT2D eigenvalue weighted by Crippen LogP contribution is -2.28. The second-order valence-electron chi connectivity index (χ2n) is 6.91. The number of nitrogens with zero attached hydrogens (tertiary/aromatic N) is 2. The minimum atomic E-state index is -0.585. The third-order valence-electron chi connectivity index (χ3n) is 4.45. The van der Waals surface area contributed by atoms with Crippen molar-refractivity contribution in [2.24, 2.45) is 10.7 Å². The number of benzene rings is 2. The summed E-state index contributed by atoms with van der Waals surface area (Å²) in [5, 5.41) is 0.637. The average molecular weight is 518 g/mol. The predicted octanol–water partition coefficient (Wildman–Crippen LogP) is 4.64. The summed E-state index contributed by atoms with van der Waals surface area (Å²) < 4.78 is 11.8. The van der Waals surface area contributed by atoms with E-state index in [1.807, 2.05) is 45.0 Å². The zero-order valence-electron chi connectivity index (χ0n) is 18.1. The third-order valence-corrected chi connectivity index (χ3v) is 6.05. The second-order valence-corrected chi connectivity index (χ2v) is 8.77. The van der Waals surface area contributed by atoms with Crippen LogP contribution in [0.15, 0.2) is 50.8 Å². The topological polar surface area (TPSA) is 94.2 Å². The average Bonchev–Trinajstić information content (AvgIpc) is 3.03. The summed E-state index contributed by atoms with van der Waals surface area (Å²) in [6.45, 7) is 6.44. The zero-order valence-corrected chi connectivity index (χ0v) is 20.5. The molecular weight excluding hydrogens is 494 g/mol. The van der Waals surface area contributed by atoms with Gasteiger partial charge in [-0.2, -0.15) is 0 Å². The normalized spacial score (nSPS) is 16.1. The molecule has 32 heavy (non-hydrogen) atoms. The van der Waals surface area contributed by atoms with Crippen LogP contribution >= 0.6 is 27.7 Å². The molecule has 1 saturated heterocycles. The van der Waals surface area contributed by atoms with E-state index < -0.39 is 5.91 Å². The lowest BCUT2D eigenvalue weighted by molar-refractivity contribution is -0.122. The van der Waals surface area contributed by atoms with Crippen molar-refractivity contribution in [3.8, 4) is 11.5 Å². The van der Waals surface area contributed by atoms with Crippen LogP contribution in [-0.2, 0) is 9.59 Å². The first-order chi connectivity index (χ1) is 15.3. The number of halogens is 1. The van der Waals surface area contributed by atoms with Gasteiger partial charge in [-0.15, -0.1) is 0 Å². The van der Waals surface area contributed by atoms with Gasteiger partial charge in [-0.1, -0.05) is 17.7 Å². The molecule has 0 atom stereocenters. The van der Waals surface area contributed by atoms with Gasteiger partial charge in [0.25, 0.3) is 11.8 Å². The van der Waals surface area contributed by atoms with Gasteiger partial charge in [-0.3, -0.25) is 14.5 Å². The molecule has 1 aliphatic heterocycles. The smallest absolute Gasteiger partial charge is 0.266 e. The highest BCUT2D eigenvalue weighted by Crippen LogP contribution is 2.39. The molecule has 1 aliphatic rings. The number of nitrogens with two attached hydrogens (primary N) is 1. The Morgan fingerprint density at radius 2 is 1.94 bits per heavy atom. The van der Waals surface area contributed by atoms with Crippen LogP contribution in [0.25, 0.3) is 6.08 Å². The first-order valence-electron chi connectivity index (χ1n) is 10.1. The number of amidine groups is 1. The molecule has 2 amide bonds. The molecule has 0 aromatic heterocycles. The highest BCUT2D eigenvalue weighted by Gasteiger charge is 2.32. The van der Waals surface area contributed by atoms with Crippen molar-refractivity contribution in [2.75, 3.05) is 19.8 Å². The maximum absolute atomic E-state index is 13.0. The van der Waals surface area contributed by atoms with E-state index in [0.29, 0.717) is 39.2 Å². The number of ether oxygens (including phenoxy) is 2. The standard InChI is InChI=1S/C23H24BrN3O4S/c1-4-27-22(29)19(32-23(27)26-16-8-6-14(3)7-9-16)12-15-10-17(24)21(31-13-20(25)28)18(11-15)30-5-2/h6-12H,4-5,13H2,1-3H3,(H2,25,28)/b19-12+,26-23?. The number of carbonyl (C=O) groups is 2. The largest absolute Gasteiger partial charge is 0.490 e. The van der Waals surface area contributed by atoms with Gasteiger partial charge in [0.1, 0.15) is 0 Å². The van der Waals surface area contributed by atoms with Crippen LogP contribution in [0, 0.1) is 6.92 Å². The Kier molecular flexibility index (Phi) is 7.98. The van der Waals surface area contributed by atoms with E-state index in [1.54, 1.807) is 23.1 Å². The fourth-order valence-electron chi connectivity index (χ4n) is 2.97. The minimum absolute atomic E-state index is 0.105. The van der Waals surface area contributed by atoms with Crippen molar-refractivity contribution in [2.45, 2.75) is 20.8 Å². The first-order valence-corrected chi connectivity index (χ1v) is 11.7. The molecule has 0 spiro atoms. The van der Waals surface area contributed by atoms with E-state index in [0.717, 1.165) is 16.8 Å². The van der Waals surface area contributed by atoms with Crippen molar-refractivity contribution in [3.05, 3.63) is 56.9 Å². The zero-order chi connectivity index (χ0) is 23.3. The highest BCUT2D eigenvalue weighted by atomic mass is 79.9. The van der Waals surface area contributed by atoms with Crippen LogP contribution in [0.1, 0.15) is 25.0 Å². The van der Waals surface area contributed by atoms with Gasteiger partial charge in [-0.25, -0.2) is 4.99 Å². The number of primary amides is 1. The summed E-state index contributed by atoms with van der Waals surface area (Å²) in [5.41, 5.74) is 7.87. The summed E-state index contributed by atoms with van der Waals surface area (Å²) >= 11 is 4.79. The van der Waals surface area contributed by atoms with E-state index in [-0.39, 0.29) is 12.5 Å². The van der Waals surface area contributed by atoms with E-state index >= 15 is 0 Å². The summed E-state index contributed by atoms with van der Waals surface area (Å²) in [4.78, 5) is 30.9. The monoisotopic (exact) mass is 517 g/mol. The molecular formula is C23H24BrN3O4S. The van der Waals surface area contributed by atoms with Gasteiger partial charge in [0, 0.05) is 6.54 Å². The minimum Gasteiger partial charge on any atom is -0.490 e. The number of hydrogen-bond acceptors (Lipinski definition) is 6. The molecule has 0 saturated carbocycles. The molecule has 2 aromatic carbocycles. The highest BCUT2D eigenvalue weighted by molar-refractivity contribution is 9.10. The van der Waals surface area contributed by atoms with Gasteiger partial charge in [0.05, 0.1) is 21.7 Å². The maximum atomic E-state index is 13.0. The maximum Gasteiger partial charge on any atom is 0.266 e. The molecule has 1 fully saturated rings. The van der Waals surface area contributed by atoms with Crippen LogP contribution in [0.3, 0.4) is 0 Å². The molecule has 1 heterocycles. The Hall–Kier alpha value is -2.78. The summed E-state index contributed by atoms with van der Waals surface area (Å²) in [5.74, 6) is 0.145. The molecule has 9 heteroatoms. The molecule has 3 rings (SSSR count). The Morgan fingerprint density at radius 1 is 1.22 bits per heavy atom. The van der Waals surface area contributed by atoms with E-state index in [9.17, 15) is 9.59 Å². The lowest BCUT2D eigenvalue weighted by Gasteiger charge is -2.14. The Balaban J connectivity index is 1.93. The van der Waals surface area contributed by atoms with E-state index in [2.05, 4.69) is 20.9 Å². The van der Waals surface area contributed by atoms with Gasteiger partial charge >= 0.3 is 0 Å². The summed E-state index contributed by atoms with van der Waals surface area (Å²) in [6.07, 6.45) is 1.79. The lowest BCUT2D eigenvalue weighted by atomic mass is 10.2. The SMILES string of the molecule is CCOc1cc(/C=C2/SC(=Nc3ccc(C)cc3)N(CC)C2=O)cc(Br)c1OCC(N)=O. The van der Waals surface area contributed by atoms with Crippen LogP contribution in [0.4, 0.5) is 5.69 Å². The second kappa shape index (κ2) is 10.7. The first kappa shape index (κ1) is 23.9. The molecule has 2 aromatic rings. The van der Waals surface area contributed by atoms with Crippen molar-refractivity contribution in [1.82, 2.24) is 4.90 Å². The molecule has 168 valence electrons. The Morgan fingerprint density at radius 3 is 2.56 bits per heavy atom. The van der Waals surface area contributed by atoms with Crippen LogP contribution in [0.2, 0.25) is 0 Å². The van der Waals surface area contributed by atoms with Gasteiger partial charge in [0.2, 0.25) is 0 Å². The van der Waals surface area contributed by atoms with Crippen molar-refractivity contribution >= 4 is 56.4 Å². The number of likely N-dealkylation sites (N-methyl/N-ethyl adjacent to an activating group) is 1. The van der Waals surface area contributed by atoms with Gasteiger partial charge < -0.3 is 15.2 Å². The molecule has 0 unspecified atom stereocenters. The number of amides is 2. The number of rotatable bonds is 8. The van der Waals surface area contributed by atoms with E-state index in [1.165, 1.54) is 11.8 Å². The fourth-order valence-corrected chi connectivity index (χ4v) is 4.61. The number of hydrogen-bond donors (Lipinski definition) is 1. The fraction of sp³-hybridized carbons (Fsp3) is 0.261. The molecule has 2 N–H and O–H groups in total. The van der Waals surface area contributed by atoms with Gasteiger partial charge in [0.15, 0.2) is 23.3 Å². The molecule has 0 bridgehead atoms. The number of aliphatic imine (C=N–C) groups is 1. The number of thioether (sulfide) groups is 1. The number of aryl methyl sites for hydroxylation is 1. The quantitative estimate of drug-likeness (QED) is 0.514.